The Bertz CT molecular complexity index is 316. The Hall–Kier alpha value is -0.130. The number of nitrogens with zero attached hydrogens (tertiary/aromatic N) is 1. The molecule has 1 rings (SSSR count). The summed E-state index contributed by atoms with van der Waals surface area (Å²) in [5, 5.41) is 2.59. The Morgan fingerprint density at radius 1 is 1.38 bits per heavy atom. The Morgan fingerprint density at radius 2 is 2.00 bits per heavy atom. The van der Waals surface area contributed by atoms with Crippen LogP contribution in [0.3, 0.4) is 0 Å². The van der Waals surface area contributed by atoms with Crippen molar-refractivity contribution in [3.8, 4) is 0 Å². The van der Waals surface area contributed by atoms with E-state index >= 15 is 0 Å². The van der Waals surface area contributed by atoms with Gasteiger partial charge in [-0.15, -0.1) is 0 Å². The summed E-state index contributed by atoms with van der Waals surface area (Å²) in [4.78, 5) is 0. The Balaban J connectivity index is 2.70. The van der Waals surface area contributed by atoms with Crippen molar-refractivity contribution in [2.45, 2.75) is 32.4 Å². The van der Waals surface area contributed by atoms with Gasteiger partial charge in [-0.1, -0.05) is 13.8 Å². The molecule has 1 heterocycles. The Labute approximate surface area is 99.5 Å². The molecule has 0 radical (unpaired) electrons. The van der Waals surface area contributed by atoms with Crippen LogP contribution in [0.1, 0.15) is 27.2 Å². The van der Waals surface area contributed by atoms with E-state index in [4.69, 9.17) is 0 Å². The van der Waals surface area contributed by atoms with Crippen LogP contribution in [0.5, 0.6) is 0 Å². The van der Waals surface area contributed by atoms with Gasteiger partial charge in [-0.05, 0) is 32.2 Å². The van der Waals surface area contributed by atoms with Gasteiger partial charge in [0.1, 0.15) is 0 Å². The summed E-state index contributed by atoms with van der Waals surface area (Å²) < 4.78 is 26.1. The normalized spacial score (nSPS) is 30.2. The molecule has 1 aliphatic heterocycles. The highest BCUT2D eigenvalue weighted by Crippen LogP contribution is 2.25. The summed E-state index contributed by atoms with van der Waals surface area (Å²) >= 11 is 0. The number of sulfonamides is 1. The highest BCUT2D eigenvalue weighted by atomic mass is 32.2. The number of hydrogen-bond acceptors (Lipinski definition) is 3. The molecule has 1 N–H and O–H groups in total. The van der Waals surface area contributed by atoms with Crippen molar-refractivity contribution in [2.75, 3.05) is 26.7 Å². The first-order valence-electron chi connectivity index (χ1n) is 6.03. The predicted octanol–water partition coefficient (Wildman–Crippen LogP) is 0.902. The zero-order chi connectivity index (χ0) is 12.3. The molecule has 0 aromatic rings. The molecule has 0 saturated carbocycles. The number of piperidine rings is 1. The van der Waals surface area contributed by atoms with Gasteiger partial charge in [-0.3, -0.25) is 0 Å². The van der Waals surface area contributed by atoms with Crippen molar-refractivity contribution in [3.63, 3.8) is 0 Å². The topological polar surface area (TPSA) is 49.4 Å². The largest absolute Gasteiger partial charge is 0.318 e. The molecule has 4 nitrogen and oxygen atoms in total. The summed E-state index contributed by atoms with van der Waals surface area (Å²) in [6.07, 6.45) is 0.979. The predicted molar refractivity (Wildman–Crippen MR) is 66.8 cm³/mol. The van der Waals surface area contributed by atoms with E-state index < -0.39 is 10.0 Å². The number of nitrogens with one attached hydrogen (secondary N) is 1. The Morgan fingerprint density at radius 3 is 2.50 bits per heavy atom. The summed E-state index contributed by atoms with van der Waals surface area (Å²) in [6, 6.07) is 0. The minimum absolute atomic E-state index is 0.335. The molecule has 0 aromatic heterocycles. The van der Waals surface area contributed by atoms with E-state index in [-0.39, 0.29) is 5.25 Å². The van der Waals surface area contributed by atoms with Crippen LogP contribution in [0.15, 0.2) is 0 Å². The van der Waals surface area contributed by atoms with Gasteiger partial charge in [0.2, 0.25) is 10.0 Å². The van der Waals surface area contributed by atoms with E-state index in [1.165, 1.54) is 0 Å². The van der Waals surface area contributed by atoms with E-state index in [9.17, 15) is 8.42 Å². The van der Waals surface area contributed by atoms with Crippen LogP contribution in [0.2, 0.25) is 0 Å². The van der Waals surface area contributed by atoms with Gasteiger partial charge in [-0.2, -0.15) is 0 Å². The quantitative estimate of drug-likeness (QED) is 0.804. The molecule has 0 amide bonds. The van der Waals surface area contributed by atoms with E-state index in [1.54, 1.807) is 18.3 Å². The van der Waals surface area contributed by atoms with Crippen LogP contribution in [-0.2, 0) is 10.0 Å². The molecule has 5 heteroatoms. The fourth-order valence-corrected chi connectivity index (χ4v) is 3.79. The second-order valence-electron chi connectivity index (χ2n) is 5.01. The van der Waals surface area contributed by atoms with E-state index in [2.05, 4.69) is 19.2 Å². The van der Waals surface area contributed by atoms with Gasteiger partial charge in [0.25, 0.3) is 0 Å². The summed E-state index contributed by atoms with van der Waals surface area (Å²) in [7, 11) is -1.33. The highest BCUT2D eigenvalue weighted by Gasteiger charge is 2.33. The minimum atomic E-state index is -3.11. The third kappa shape index (κ3) is 2.96. The fourth-order valence-electron chi connectivity index (χ4n) is 2.10. The lowest BCUT2D eigenvalue weighted by Gasteiger charge is -2.35. The first-order valence-corrected chi connectivity index (χ1v) is 7.53. The second-order valence-corrected chi connectivity index (χ2v) is 7.37. The van der Waals surface area contributed by atoms with E-state index in [0.717, 1.165) is 6.42 Å². The smallest absolute Gasteiger partial charge is 0.217 e. The molecule has 3 unspecified atom stereocenters. The third-order valence-corrected chi connectivity index (χ3v) is 5.89. The summed E-state index contributed by atoms with van der Waals surface area (Å²) in [5.74, 6) is 1.09. The molecular formula is C11H24N2O2S. The van der Waals surface area contributed by atoms with E-state index in [0.29, 0.717) is 31.5 Å². The van der Waals surface area contributed by atoms with Crippen molar-refractivity contribution in [1.82, 2.24) is 9.62 Å². The van der Waals surface area contributed by atoms with Gasteiger partial charge in [0.05, 0.1) is 5.25 Å². The van der Waals surface area contributed by atoms with Crippen molar-refractivity contribution in [2.24, 2.45) is 11.8 Å². The third-order valence-electron chi connectivity index (χ3n) is 3.66. The van der Waals surface area contributed by atoms with Crippen LogP contribution in [0.4, 0.5) is 0 Å². The molecule has 1 saturated heterocycles. The van der Waals surface area contributed by atoms with Gasteiger partial charge >= 0.3 is 0 Å². The van der Waals surface area contributed by atoms with Crippen LogP contribution >= 0.6 is 0 Å². The SMILES string of the molecule is CNCC(C)S(=O)(=O)N1CCC(C)C(C)C1. The van der Waals surface area contributed by atoms with Crippen molar-refractivity contribution in [1.29, 1.82) is 0 Å². The standard InChI is InChI=1S/C11H24N2O2S/c1-9-5-6-13(8-10(9)2)16(14,15)11(3)7-12-4/h9-12H,5-8H2,1-4H3. The average molecular weight is 248 g/mol. The maximum Gasteiger partial charge on any atom is 0.217 e. The summed E-state index contributed by atoms with van der Waals surface area (Å²) in [5.41, 5.74) is 0. The molecule has 0 aromatic carbocycles. The van der Waals surface area contributed by atoms with Crippen LogP contribution < -0.4 is 5.32 Å². The molecular weight excluding hydrogens is 224 g/mol. The fraction of sp³-hybridized carbons (Fsp3) is 1.00. The first-order chi connectivity index (χ1) is 7.39. The molecule has 96 valence electrons. The summed E-state index contributed by atoms with van der Waals surface area (Å²) in [6.45, 7) is 7.98. The molecule has 1 fully saturated rings. The first kappa shape index (κ1) is 13.9. The van der Waals surface area contributed by atoms with Gasteiger partial charge in [-0.25, -0.2) is 12.7 Å². The van der Waals surface area contributed by atoms with Crippen molar-refractivity contribution in [3.05, 3.63) is 0 Å². The monoisotopic (exact) mass is 248 g/mol. The molecule has 1 aliphatic rings. The van der Waals surface area contributed by atoms with Crippen molar-refractivity contribution < 1.29 is 8.42 Å². The van der Waals surface area contributed by atoms with Crippen LogP contribution in [0, 0.1) is 11.8 Å². The molecule has 0 bridgehead atoms. The van der Waals surface area contributed by atoms with Crippen molar-refractivity contribution >= 4 is 10.0 Å². The lowest BCUT2D eigenvalue weighted by molar-refractivity contribution is 0.211. The van der Waals surface area contributed by atoms with Gasteiger partial charge in [0, 0.05) is 19.6 Å². The molecule has 3 atom stereocenters. The average Bonchev–Trinajstić information content (AvgIpc) is 2.22. The highest BCUT2D eigenvalue weighted by molar-refractivity contribution is 7.89. The minimum Gasteiger partial charge on any atom is -0.318 e. The molecule has 0 aliphatic carbocycles. The maximum atomic E-state index is 12.2. The lowest BCUT2D eigenvalue weighted by atomic mass is 9.90. The molecule has 0 spiro atoms. The van der Waals surface area contributed by atoms with Crippen LogP contribution in [0.25, 0.3) is 0 Å². The van der Waals surface area contributed by atoms with Gasteiger partial charge < -0.3 is 5.32 Å². The Kier molecular flexibility index (Phi) is 4.76. The van der Waals surface area contributed by atoms with E-state index in [1.807, 2.05) is 0 Å². The van der Waals surface area contributed by atoms with Crippen LogP contribution in [-0.4, -0.2) is 44.7 Å². The number of hydrogen-bond donors (Lipinski definition) is 1. The number of rotatable bonds is 4. The zero-order valence-electron chi connectivity index (χ0n) is 10.7. The molecule has 16 heavy (non-hydrogen) atoms. The second kappa shape index (κ2) is 5.47. The van der Waals surface area contributed by atoms with Gasteiger partial charge in [0.15, 0.2) is 0 Å². The maximum absolute atomic E-state index is 12.2. The lowest BCUT2D eigenvalue weighted by Crippen LogP contribution is -2.47. The zero-order valence-corrected chi connectivity index (χ0v) is 11.5.